The number of carbonyl (C=O) groups is 2. The Morgan fingerprint density at radius 3 is 2.47 bits per heavy atom. The molecule has 0 bridgehead atoms. The lowest BCUT2D eigenvalue weighted by Crippen LogP contribution is -2.14. The minimum atomic E-state index is -0.498. The fourth-order valence-electron chi connectivity index (χ4n) is 3.78. The highest BCUT2D eigenvalue weighted by molar-refractivity contribution is 6.27. The van der Waals surface area contributed by atoms with Crippen molar-refractivity contribution < 1.29 is 9.59 Å². The van der Waals surface area contributed by atoms with Crippen LogP contribution in [-0.2, 0) is 13.1 Å². The third kappa shape index (κ3) is 3.67. The SMILES string of the molecule is C=C(C(=O)c1cc(C)nn1CC)c1nc2cc(C(N)=O)cc(C(C)C)c2n1CCC. The van der Waals surface area contributed by atoms with Crippen LogP contribution in [0.1, 0.15) is 78.0 Å². The maximum atomic E-state index is 13.3. The third-order valence-corrected chi connectivity index (χ3v) is 5.20. The van der Waals surface area contributed by atoms with Crippen LogP contribution in [0, 0.1) is 6.92 Å². The predicted octanol–water partition coefficient (Wildman–Crippen LogP) is 4.09. The van der Waals surface area contributed by atoms with Crippen LogP contribution < -0.4 is 5.73 Å². The predicted molar refractivity (Wildman–Crippen MR) is 119 cm³/mol. The van der Waals surface area contributed by atoms with Crippen molar-refractivity contribution >= 4 is 28.3 Å². The van der Waals surface area contributed by atoms with Crippen molar-refractivity contribution in [1.82, 2.24) is 19.3 Å². The fraction of sp³-hybridized carbons (Fsp3) is 0.391. The van der Waals surface area contributed by atoms with E-state index in [-0.39, 0.29) is 11.7 Å². The van der Waals surface area contributed by atoms with E-state index in [1.807, 2.05) is 24.5 Å². The second kappa shape index (κ2) is 8.26. The summed E-state index contributed by atoms with van der Waals surface area (Å²) in [5, 5.41) is 4.37. The number of benzene rings is 1. The summed E-state index contributed by atoms with van der Waals surface area (Å²) in [4.78, 5) is 29.9. The van der Waals surface area contributed by atoms with Crippen LogP contribution in [0.4, 0.5) is 0 Å². The molecule has 3 aromatic rings. The van der Waals surface area contributed by atoms with Crippen molar-refractivity contribution in [3.8, 4) is 0 Å². The van der Waals surface area contributed by atoms with Crippen LogP contribution >= 0.6 is 0 Å². The number of rotatable bonds is 8. The molecule has 0 atom stereocenters. The Bertz CT molecular complexity index is 1150. The zero-order valence-electron chi connectivity index (χ0n) is 18.3. The zero-order valence-corrected chi connectivity index (χ0v) is 18.3. The summed E-state index contributed by atoms with van der Waals surface area (Å²) in [6.07, 6.45) is 0.862. The molecule has 0 unspecified atom stereocenters. The summed E-state index contributed by atoms with van der Waals surface area (Å²) in [7, 11) is 0. The Hall–Kier alpha value is -3.22. The molecular formula is C23H29N5O2. The van der Waals surface area contributed by atoms with E-state index in [1.54, 1.807) is 16.8 Å². The molecular weight excluding hydrogens is 378 g/mol. The molecule has 0 aliphatic carbocycles. The van der Waals surface area contributed by atoms with Crippen molar-refractivity contribution in [1.29, 1.82) is 0 Å². The van der Waals surface area contributed by atoms with Gasteiger partial charge in [0.2, 0.25) is 11.7 Å². The highest BCUT2D eigenvalue weighted by atomic mass is 16.1. The normalized spacial score (nSPS) is 11.4. The maximum absolute atomic E-state index is 13.3. The van der Waals surface area contributed by atoms with Gasteiger partial charge in [-0.05, 0) is 49.9 Å². The number of imidazole rings is 1. The molecule has 30 heavy (non-hydrogen) atoms. The Morgan fingerprint density at radius 1 is 1.20 bits per heavy atom. The van der Waals surface area contributed by atoms with Gasteiger partial charge in [-0.2, -0.15) is 5.10 Å². The first kappa shape index (κ1) is 21.5. The molecule has 1 amide bonds. The van der Waals surface area contributed by atoms with Crippen LogP contribution in [0.2, 0.25) is 0 Å². The number of amides is 1. The van der Waals surface area contributed by atoms with E-state index in [1.165, 1.54) is 0 Å². The number of aromatic nitrogens is 4. The average molecular weight is 408 g/mol. The first-order valence-corrected chi connectivity index (χ1v) is 10.3. The van der Waals surface area contributed by atoms with E-state index in [4.69, 9.17) is 10.7 Å². The number of ketones is 1. The Balaban J connectivity index is 2.23. The number of allylic oxidation sites excluding steroid dienone is 1. The van der Waals surface area contributed by atoms with Gasteiger partial charge in [-0.3, -0.25) is 14.3 Å². The molecule has 0 saturated carbocycles. The van der Waals surface area contributed by atoms with Gasteiger partial charge < -0.3 is 10.3 Å². The summed E-state index contributed by atoms with van der Waals surface area (Å²) in [5.41, 5.74) is 10.1. The molecule has 0 spiro atoms. The summed E-state index contributed by atoms with van der Waals surface area (Å²) >= 11 is 0. The largest absolute Gasteiger partial charge is 0.366 e. The van der Waals surface area contributed by atoms with Crippen LogP contribution in [0.25, 0.3) is 16.6 Å². The number of aryl methyl sites for hydroxylation is 3. The molecule has 7 heteroatoms. The maximum Gasteiger partial charge on any atom is 0.248 e. The lowest BCUT2D eigenvalue weighted by Gasteiger charge is -2.14. The van der Waals surface area contributed by atoms with Crippen LogP contribution in [0.15, 0.2) is 24.8 Å². The van der Waals surface area contributed by atoms with Crippen molar-refractivity contribution in [2.24, 2.45) is 5.73 Å². The standard InChI is InChI=1S/C23H29N5O2/c1-7-9-27-20-17(13(3)4)11-16(22(24)30)12-18(20)25-23(27)15(6)21(29)19-10-14(5)26-28(19)8-2/h10-13H,6-9H2,1-5H3,(H2,24,30). The van der Waals surface area contributed by atoms with Crippen molar-refractivity contribution in [3.63, 3.8) is 0 Å². The summed E-state index contributed by atoms with van der Waals surface area (Å²) < 4.78 is 3.72. The average Bonchev–Trinajstić information content (AvgIpc) is 3.26. The molecule has 3 rings (SSSR count). The van der Waals surface area contributed by atoms with Crippen LogP contribution in [0.5, 0.6) is 0 Å². The molecule has 0 aliphatic rings. The van der Waals surface area contributed by atoms with Gasteiger partial charge in [0.15, 0.2) is 0 Å². The summed E-state index contributed by atoms with van der Waals surface area (Å²) in [5.74, 6) is -0.0316. The van der Waals surface area contributed by atoms with E-state index >= 15 is 0 Å². The van der Waals surface area contributed by atoms with Crippen LogP contribution in [0.3, 0.4) is 0 Å². The number of hydrogen-bond donors (Lipinski definition) is 1. The van der Waals surface area contributed by atoms with Gasteiger partial charge in [-0.25, -0.2) is 4.98 Å². The fourth-order valence-corrected chi connectivity index (χ4v) is 3.78. The first-order valence-electron chi connectivity index (χ1n) is 10.3. The highest BCUT2D eigenvalue weighted by Gasteiger charge is 2.25. The number of nitrogens with zero attached hydrogens (tertiary/aromatic N) is 4. The van der Waals surface area contributed by atoms with Gasteiger partial charge in [-0.1, -0.05) is 27.4 Å². The Kier molecular flexibility index (Phi) is 5.92. The van der Waals surface area contributed by atoms with E-state index in [9.17, 15) is 9.59 Å². The molecule has 2 heterocycles. The minimum Gasteiger partial charge on any atom is -0.366 e. The third-order valence-electron chi connectivity index (χ3n) is 5.20. The second-order valence-corrected chi connectivity index (χ2v) is 7.83. The van der Waals surface area contributed by atoms with Gasteiger partial charge in [-0.15, -0.1) is 0 Å². The smallest absolute Gasteiger partial charge is 0.248 e. The van der Waals surface area contributed by atoms with Gasteiger partial charge >= 0.3 is 0 Å². The van der Waals surface area contributed by atoms with Crippen molar-refractivity contribution in [3.05, 3.63) is 53.1 Å². The Morgan fingerprint density at radius 2 is 1.90 bits per heavy atom. The lowest BCUT2D eigenvalue weighted by atomic mass is 9.98. The molecule has 0 aliphatic heterocycles. The first-order chi connectivity index (χ1) is 14.2. The second-order valence-electron chi connectivity index (χ2n) is 7.83. The number of carbonyl (C=O) groups excluding carboxylic acids is 2. The number of nitrogens with two attached hydrogens (primary N) is 1. The van der Waals surface area contributed by atoms with Crippen molar-refractivity contribution in [2.75, 3.05) is 0 Å². The van der Waals surface area contributed by atoms with E-state index in [0.717, 1.165) is 23.2 Å². The lowest BCUT2D eigenvalue weighted by molar-refractivity contribution is 0.0999. The number of fused-ring (bicyclic) bond motifs is 1. The Labute approximate surface area is 176 Å². The molecule has 0 saturated heterocycles. The van der Waals surface area contributed by atoms with Gasteiger partial charge in [0.05, 0.1) is 22.3 Å². The molecule has 2 N–H and O–H groups in total. The summed E-state index contributed by atoms with van der Waals surface area (Å²) in [6.45, 7) is 15.4. The van der Waals surface area contributed by atoms with Crippen molar-refractivity contribution in [2.45, 2.75) is 60.0 Å². The molecule has 2 aromatic heterocycles. The highest BCUT2D eigenvalue weighted by Crippen LogP contribution is 2.31. The van der Waals surface area contributed by atoms with E-state index < -0.39 is 5.91 Å². The summed E-state index contributed by atoms with van der Waals surface area (Å²) in [6, 6.07) is 5.29. The molecule has 158 valence electrons. The zero-order chi connectivity index (χ0) is 22.2. The monoisotopic (exact) mass is 407 g/mol. The molecule has 0 fully saturated rings. The van der Waals surface area contributed by atoms with Gasteiger partial charge in [0.25, 0.3) is 0 Å². The minimum absolute atomic E-state index is 0.153. The van der Waals surface area contributed by atoms with Crippen LogP contribution in [-0.4, -0.2) is 31.0 Å². The topological polar surface area (TPSA) is 95.8 Å². The number of Topliss-reactive ketones (excluding diaryl/α,β-unsaturated/α-hetero) is 1. The molecule has 1 aromatic carbocycles. The van der Waals surface area contributed by atoms with Gasteiger partial charge in [0.1, 0.15) is 11.5 Å². The van der Waals surface area contributed by atoms with E-state index in [2.05, 4.69) is 32.4 Å². The number of hydrogen-bond acceptors (Lipinski definition) is 4. The van der Waals surface area contributed by atoms with Gasteiger partial charge in [0, 0.05) is 18.7 Å². The molecule has 0 radical (unpaired) electrons. The van der Waals surface area contributed by atoms with E-state index in [0.29, 0.717) is 41.3 Å². The molecule has 7 nitrogen and oxygen atoms in total. The quantitative estimate of drug-likeness (QED) is 0.449. The number of primary amides is 1.